The molecule has 1 amide bonds. The molecule has 0 bridgehead atoms. The smallest absolute Gasteiger partial charge is 0.220 e. The fourth-order valence-corrected chi connectivity index (χ4v) is 3.34. The minimum atomic E-state index is 0.0492. The van der Waals surface area contributed by atoms with Crippen molar-refractivity contribution in [3.05, 3.63) is 59.8 Å². The Morgan fingerprint density at radius 2 is 1.89 bits per heavy atom. The number of rotatable bonds is 8. The molecule has 0 fully saturated rings. The quantitative estimate of drug-likeness (QED) is 0.659. The fraction of sp³-hybridized carbons (Fsp3) is 0.318. The van der Waals surface area contributed by atoms with Crippen LogP contribution in [-0.2, 0) is 24.8 Å². The van der Waals surface area contributed by atoms with E-state index in [4.69, 9.17) is 9.47 Å². The van der Waals surface area contributed by atoms with Crippen molar-refractivity contribution in [2.75, 3.05) is 14.2 Å². The summed E-state index contributed by atoms with van der Waals surface area (Å²) in [5.41, 5.74) is 3.45. The molecule has 0 saturated heterocycles. The molecule has 5 heteroatoms. The highest BCUT2D eigenvalue weighted by Crippen LogP contribution is 2.24. The van der Waals surface area contributed by atoms with Gasteiger partial charge in [-0.25, -0.2) is 0 Å². The van der Waals surface area contributed by atoms with Gasteiger partial charge in [-0.15, -0.1) is 0 Å². The van der Waals surface area contributed by atoms with Crippen molar-refractivity contribution in [3.63, 3.8) is 0 Å². The van der Waals surface area contributed by atoms with Gasteiger partial charge in [0.05, 0.1) is 14.2 Å². The van der Waals surface area contributed by atoms with E-state index in [-0.39, 0.29) is 5.91 Å². The number of benzene rings is 2. The molecule has 27 heavy (non-hydrogen) atoms. The average molecular weight is 366 g/mol. The lowest BCUT2D eigenvalue weighted by molar-refractivity contribution is -0.121. The largest absolute Gasteiger partial charge is 0.497 e. The van der Waals surface area contributed by atoms with Crippen molar-refractivity contribution in [2.24, 2.45) is 7.05 Å². The van der Waals surface area contributed by atoms with E-state index in [0.29, 0.717) is 18.7 Å². The van der Waals surface area contributed by atoms with E-state index in [1.165, 1.54) is 16.5 Å². The van der Waals surface area contributed by atoms with Crippen LogP contribution in [0.2, 0.25) is 0 Å². The molecule has 2 aromatic carbocycles. The van der Waals surface area contributed by atoms with Gasteiger partial charge in [-0.3, -0.25) is 4.79 Å². The summed E-state index contributed by atoms with van der Waals surface area (Å²) in [4.78, 5) is 12.2. The van der Waals surface area contributed by atoms with Crippen LogP contribution in [0.3, 0.4) is 0 Å². The van der Waals surface area contributed by atoms with Crippen molar-refractivity contribution in [1.82, 2.24) is 9.88 Å². The topological polar surface area (TPSA) is 52.5 Å². The van der Waals surface area contributed by atoms with Gasteiger partial charge < -0.3 is 19.4 Å². The summed E-state index contributed by atoms with van der Waals surface area (Å²) >= 11 is 0. The van der Waals surface area contributed by atoms with Crippen molar-refractivity contribution in [3.8, 4) is 11.5 Å². The molecule has 5 nitrogen and oxygen atoms in total. The second kappa shape index (κ2) is 8.62. The summed E-state index contributed by atoms with van der Waals surface area (Å²) in [6, 6.07) is 14.0. The maximum absolute atomic E-state index is 12.2. The Kier molecular flexibility index (Phi) is 6.01. The maximum atomic E-state index is 12.2. The molecule has 0 aliphatic rings. The highest BCUT2D eigenvalue weighted by atomic mass is 16.5. The van der Waals surface area contributed by atoms with Crippen LogP contribution in [-0.4, -0.2) is 24.7 Å². The van der Waals surface area contributed by atoms with Gasteiger partial charge in [-0.1, -0.05) is 18.2 Å². The van der Waals surface area contributed by atoms with Crippen molar-refractivity contribution in [1.29, 1.82) is 0 Å². The number of carbonyl (C=O) groups is 1. The number of amides is 1. The van der Waals surface area contributed by atoms with Gasteiger partial charge in [-0.05, 0) is 36.6 Å². The Hall–Kier alpha value is -2.95. The lowest BCUT2D eigenvalue weighted by Gasteiger charge is -2.11. The lowest BCUT2D eigenvalue weighted by Crippen LogP contribution is -2.22. The first kappa shape index (κ1) is 18.8. The monoisotopic (exact) mass is 366 g/mol. The minimum Gasteiger partial charge on any atom is -0.497 e. The molecular formula is C22H26N2O3. The first-order valence-electron chi connectivity index (χ1n) is 9.13. The molecular weight excluding hydrogens is 340 g/mol. The van der Waals surface area contributed by atoms with E-state index in [1.54, 1.807) is 14.2 Å². The molecule has 0 saturated carbocycles. The molecule has 1 N–H and O–H groups in total. The Morgan fingerprint density at radius 3 is 2.67 bits per heavy atom. The zero-order chi connectivity index (χ0) is 19.2. The van der Waals surface area contributed by atoms with Gasteiger partial charge in [0, 0.05) is 48.7 Å². The summed E-state index contributed by atoms with van der Waals surface area (Å²) in [5, 5.41) is 4.24. The molecule has 0 aliphatic carbocycles. The van der Waals surface area contributed by atoms with Gasteiger partial charge >= 0.3 is 0 Å². The number of para-hydroxylation sites is 1. The van der Waals surface area contributed by atoms with Crippen LogP contribution < -0.4 is 14.8 Å². The third-order valence-electron chi connectivity index (χ3n) is 4.80. The standard InChI is InChI=1S/C22H26N2O3/c1-24-15-17(19-8-4-5-9-20(19)24)7-6-10-22(25)23-14-16-11-12-18(26-2)13-21(16)27-3/h4-5,8-9,11-13,15H,6-7,10,14H2,1-3H3,(H,23,25). The van der Waals surface area contributed by atoms with Crippen LogP contribution in [0.1, 0.15) is 24.0 Å². The maximum Gasteiger partial charge on any atom is 0.220 e. The molecule has 0 radical (unpaired) electrons. The Bertz CT molecular complexity index is 930. The van der Waals surface area contributed by atoms with Gasteiger partial charge in [0.25, 0.3) is 0 Å². The Labute approximate surface area is 159 Å². The van der Waals surface area contributed by atoms with E-state index < -0.39 is 0 Å². The number of fused-ring (bicyclic) bond motifs is 1. The van der Waals surface area contributed by atoms with Crippen molar-refractivity contribution >= 4 is 16.8 Å². The molecule has 0 aliphatic heterocycles. The molecule has 1 heterocycles. The predicted molar refractivity (Wildman–Crippen MR) is 107 cm³/mol. The third kappa shape index (κ3) is 4.42. The molecule has 1 aromatic heterocycles. The van der Waals surface area contributed by atoms with Crippen LogP contribution in [0.4, 0.5) is 0 Å². The van der Waals surface area contributed by atoms with Gasteiger partial charge in [0.2, 0.25) is 5.91 Å². The summed E-state index contributed by atoms with van der Waals surface area (Å²) in [6.07, 6.45) is 4.37. The van der Waals surface area contributed by atoms with Crippen LogP contribution in [0.15, 0.2) is 48.7 Å². The lowest BCUT2D eigenvalue weighted by atomic mass is 10.1. The first-order valence-corrected chi connectivity index (χ1v) is 9.13. The fourth-order valence-electron chi connectivity index (χ4n) is 3.34. The predicted octanol–water partition coefficient (Wildman–Crippen LogP) is 3.83. The number of nitrogens with one attached hydrogen (secondary N) is 1. The second-order valence-corrected chi connectivity index (χ2v) is 6.59. The van der Waals surface area contributed by atoms with E-state index in [1.807, 2.05) is 24.3 Å². The Balaban J connectivity index is 1.51. The second-order valence-electron chi connectivity index (χ2n) is 6.59. The van der Waals surface area contributed by atoms with Crippen LogP contribution in [0.5, 0.6) is 11.5 Å². The highest BCUT2D eigenvalue weighted by Gasteiger charge is 2.09. The minimum absolute atomic E-state index is 0.0492. The zero-order valence-corrected chi connectivity index (χ0v) is 16.1. The normalized spacial score (nSPS) is 10.8. The van der Waals surface area contributed by atoms with Crippen LogP contribution in [0.25, 0.3) is 10.9 Å². The summed E-state index contributed by atoms with van der Waals surface area (Å²) in [7, 11) is 5.29. The number of aryl methyl sites for hydroxylation is 2. The number of carbonyl (C=O) groups excluding carboxylic acids is 1. The average Bonchev–Trinajstić information content (AvgIpc) is 3.02. The number of hydrogen-bond donors (Lipinski definition) is 1. The molecule has 3 rings (SSSR count). The number of ether oxygens (including phenoxy) is 2. The number of aromatic nitrogens is 1. The third-order valence-corrected chi connectivity index (χ3v) is 4.80. The number of methoxy groups -OCH3 is 2. The van der Waals surface area contributed by atoms with E-state index in [9.17, 15) is 4.79 Å². The van der Waals surface area contributed by atoms with E-state index >= 15 is 0 Å². The first-order chi connectivity index (χ1) is 13.1. The van der Waals surface area contributed by atoms with E-state index in [0.717, 1.165) is 24.2 Å². The molecule has 142 valence electrons. The molecule has 0 unspecified atom stereocenters. The molecule has 3 aromatic rings. The zero-order valence-electron chi connectivity index (χ0n) is 16.1. The highest BCUT2D eigenvalue weighted by molar-refractivity contribution is 5.84. The van der Waals surface area contributed by atoms with Crippen LogP contribution >= 0.6 is 0 Å². The molecule has 0 atom stereocenters. The number of hydrogen-bond acceptors (Lipinski definition) is 3. The van der Waals surface area contributed by atoms with Gasteiger partial charge in [-0.2, -0.15) is 0 Å². The van der Waals surface area contributed by atoms with Crippen molar-refractivity contribution in [2.45, 2.75) is 25.8 Å². The SMILES string of the molecule is COc1ccc(CNC(=O)CCCc2cn(C)c3ccccc23)c(OC)c1. The van der Waals surface area contributed by atoms with Crippen LogP contribution in [0, 0.1) is 0 Å². The van der Waals surface area contributed by atoms with Gasteiger partial charge in [0.15, 0.2) is 0 Å². The Morgan fingerprint density at radius 1 is 1.07 bits per heavy atom. The van der Waals surface area contributed by atoms with Crippen molar-refractivity contribution < 1.29 is 14.3 Å². The summed E-state index contributed by atoms with van der Waals surface area (Å²) in [6.45, 7) is 0.445. The molecule has 0 spiro atoms. The van der Waals surface area contributed by atoms with E-state index in [2.05, 4.69) is 41.3 Å². The summed E-state index contributed by atoms with van der Waals surface area (Å²) in [5.74, 6) is 1.50. The summed E-state index contributed by atoms with van der Waals surface area (Å²) < 4.78 is 12.7. The number of nitrogens with zero attached hydrogens (tertiary/aromatic N) is 1. The van der Waals surface area contributed by atoms with Gasteiger partial charge in [0.1, 0.15) is 11.5 Å².